The molecule has 0 aromatic heterocycles. The van der Waals surface area contributed by atoms with E-state index in [0.29, 0.717) is 30.9 Å². The van der Waals surface area contributed by atoms with Gasteiger partial charge in [-0.2, -0.15) is 0 Å². The summed E-state index contributed by atoms with van der Waals surface area (Å²) in [6, 6.07) is 9.72. The fourth-order valence-corrected chi connectivity index (χ4v) is 4.48. The summed E-state index contributed by atoms with van der Waals surface area (Å²) in [5.74, 6) is 1.31. The van der Waals surface area contributed by atoms with Gasteiger partial charge in [0.15, 0.2) is 12.2 Å². The van der Waals surface area contributed by atoms with E-state index in [1.807, 2.05) is 30.3 Å². The smallest absolute Gasteiger partial charge is 0.338 e. The van der Waals surface area contributed by atoms with Crippen molar-refractivity contribution in [3.05, 3.63) is 30.3 Å². The lowest BCUT2D eigenvalue weighted by Gasteiger charge is -2.22. The molecule has 3 aliphatic rings. The van der Waals surface area contributed by atoms with Gasteiger partial charge in [0.05, 0.1) is 18.9 Å². The number of nitrogens with zero attached hydrogens (tertiary/aromatic N) is 1. The number of hydrogen-bond donors (Lipinski definition) is 0. The number of hydrogen-bond acceptors (Lipinski definition) is 5. The monoisotopic (exact) mass is 399 g/mol. The van der Waals surface area contributed by atoms with Gasteiger partial charge < -0.3 is 14.2 Å². The van der Waals surface area contributed by atoms with E-state index < -0.39 is 12.2 Å². The first-order valence-electron chi connectivity index (χ1n) is 11.4. The molecule has 1 saturated heterocycles. The van der Waals surface area contributed by atoms with Crippen molar-refractivity contribution in [2.24, 2.45) is 16.8 Å². The molecule has 5 nitrogen and oxygen atoms in total. The van der Waals surface area contributed by atoms with Crippen LogP contribution in [0.3, 0.4) is 0 Å². The minimum absolute atomic E-state index is 0.275. The SMILES string of the molecule is O=C(OCC1CCCCC1)C1OC1C(=Nc1ccccc1)OCC1CCCCC1. The lowest BCUT2D eigenvalue weighted by molar-refractivity contribution is -0.146. The lowest BCUT2D eigenvalue weighted by atomic mass is 9.90. The van der Waals surface area contributed by atoms with Crippen molar-refractivity contribution in [1.82, 2.24) is 0 Å². The second-order valence-corrected chi connectivity index (χ2v) is 8.71. The second-order valence-electron chi connectivity index (χ2n) is 8.71. The van der Waals surface area contributed by atoms with Crippen LogP contribution in [0.1, 0.15) is 64.2 Å². The quantitative estimate of drug-likeness (QED) is 0.273. The Morgan fingerprint density at radius 1 is 0.828 bits per heavy atom. The Balaban J connectivity index is 1.33. The number of esters is 1. The molecule has 1 aromatic rings. The van der Waals surface area contributed by atoms with Gasteiger partial charge in [-0.15, -0.1) is 0 Å². The molecule has 0 bridgehead atoms. The van der Waals surface area contributed by atoms with E-state index in [-0.39, 0.29) is 5.97 Å². The Morgan fingerprint density at radius 2 is 1.41 bits per heavy atom. The molecule has 2 atom stereocenters. The van der Waals surface area contributed by atoms with E-state index >= 15 is 0 Å². The zero-order valence-electron chi connectivity index (χ0n) is 17.3. The van der Waals surface area contributed by atoms with Crippen molar-refractivity contribution in [1.29, 1.82) is 0 Å². The zero-order chi connectivity index (χ0) is 19.9. The van der Waals surface area contributed by atoms with E-state index in [4.69, 9.17) is 14.2 Å². The van der Waals surface area contributed by atoms with Gasteiger partial charge in [-0.05, 0) is 49.7 Å². The molecule has 0 N–H and O–H groups in total. The molecule has 1 aliphatic heterocycles. The van der Waals surface area contributed by atoms with Gasteiger partial charge in [-0.1, -0.05) is 56.7 Å². The molecule has 29 heavy (non-hydrogen) atoms. The third-order valence-electron chi connectivity index (χ3n) is 6.34. The summed E-state index contributed by atoms with van der Waals surface area (Å²) in [5, 5.41) is 0. The number of epoxide rings is 1. The molecule has 158 valence electrons. The third kappa shape index (κ3) is 6.05. The average molecular weight is 400 g/mol. The number of aliphatic imine (C=N–C) groups is 1. The van der Waals surface area contributed by atoms with Crippen molar-refractivity contribution >= 4 is 17.6 Å². The number of benzene rings is 1. The van der Waals surface area contributed by atoms with E-state index in [1.54, 1.807) is 0 Å². The number of rotatable bonds is 7. The lowest BCUT2D eigenvalue weighted by Crippen LogP contribution is -2.25. The van der Waals surface area contributed by atoms with Crippen LogP contribution in [-0.4, -0.2) is 37.3 Å². The fraction of sp³-hybridized carbons (Fsp3) is 0.667. The Morgan fingerprint density at radius 3 is 2.03 bits per heavy atom. The molecule has 2 aliphatic carbocycles. The van der Waals surface area contributed by atoms with Gasteiger partial charge in [-0.25, -0.2) is 9.79 Å². The number of para-hydroxylation sites is 1. The summed E-state index contributed by atoms with van der Waals surface area (Å²) in [5.41, 5.74) is 0.816. The number of carbonyl (C=O) groups excluding carboxylic acids is 1. The highest BCUT2D eigenvalue weighted by atomic mass is 16.7. The summed E-state index contributed by atoms with van der Waals surface area (Å²) in [4.78, 5) is 17.1. The molecule has 1 heterocycles. The van der Waals surface area contributed by atoms with Crippen LogP contribution < -0.4 is 0 Å². The van der Waals surface area contributed by atoms with Gasteiger partial charge in [0.1, 0.15) is 0 Å². The highest BCUT2D eigenvalue weighted by Gasteiger charge is 2.51. The fourth-order valence-electron chi connectivity index (χ4n) is 4.48. The first-order chi connectivity index (χ1) is 14.3. The maximum absolute atomic E-state index is 12.5. The normalized spacial score (nSPS) is 26.1. The molecule has 2 unspecified atom stereocenters. The van der Waals surface area contributed by atoms with E-state index in [9.17, 15) is 4.79 Å². The second kappa shape index (κ2) is 10.2. The summed E-state index contributed by atoms with van der Waals surface area (Å²) < 4.78 is 17.3. The molecule has 5 heteroatoms. The Bertz CT molecular complexity index is 677. The molecular formula is C24H33NO4. The van der Waals surface area contributed by atoms with Gasteiger partial charge in [0.2, 0.25) is 5.90 Å². The topological polar surface area (TPSA) is 60.4 Å². The van der Waals surface area contributed by atoms with Crippen molar-refractivity contribution in [3.63, 3.8) is 0 Å². The van der Waals surface area contributed by atoms with Crippen LogP contribution in [0.5, 0.6) is 0 Å². The maximum atomic E-state index is 12.5. The predicted octanol–water partition coefficient (Wildman–Crippen LogP) is 5.20. The van der Waals surface area contributed by atoms with Gasteiger partial charge in [0.25, 0.3) is 0 Å². The highest BCUT2D eigenvalue weighted by molar-refractivity contribution is 5.94. The molecular weight excluding hydrogens is 366 g/mol. The van der Waals surface area contributed by atoms with Crippen LogP contribution in [0.15, 0.2) is 35.3 Å². The molecule has 2 saturated carbocycles. The molecule has 0 amide bonds. The molecule has 1 aromatic carbocycles. The summed E-state index contributed by atoms with van der Waals surface area (Å²) >= 11 is 0. The zero-order valence-corrected chi connectivity index (χ0v) is 17.3. The van der Waals surface area contributed by atoms with E-state index in [0.717, 1.165) is 18.5 Å². The van der Waals surface area contributed by atoms with Gasteiger partial charge >= 0.3 is 5.97 Å². The highest BCUT2D eigenvalue weighted by Crippen LogP contribution is 2.30. The maximum Gasteiger partial charge on any atom is 0.338 e. The van der Waals surface area contributed by atoms with Crippen LogP contribution >= 0.6 is 0 Å². The van der Waals surface area contributed by atoms with E-state index in [1.165, 1.54) is 51.4 Å². The summed E-state index contributed by atoms with van der Waals surface area (Å²) in [6.45, 7) is 1.16. The summed E-state index contributed by atoms with van der Waals surface area (Å²) in [6.07, 6.45) is 11.4. The van der Waals surface area contributed by atoms with Crippen LogP contribution in [0, 0.1) is 11.8 Å². The van der Waals surface area contributed by atoms with Crippen LogP contribution in [-0.2, 0) is 19.0 Å². The molecule has 4 rings (SSSR count). The van der Waals surface area contributed by atoms with Gasteiger partial charge in [0, 0.05) is 0 Å². The van der Waals surface area contributed by atoms with Crippen molar-refractivity contribution in [3.8, 4) is 0 Å². The van der Waals surface area contributed by atoms with Crippen LogP contribution in [0.2, 0.25) is 0 Å². The number of ether oxygens (including phenoxy) is 3. The Labute approximate surface area is 173 Å². The minimum atomic E-state index is -0.576. The minimum Gasteiger partial charge on any atom is -0.478 e. The van der Waals surface area contributed by atoms with E-state index in [2.05, 4.69) is 4.99 Å². The third-order valence-corrected chi connectivity index (χ3v) is 6.34. The first-order valence-corrected chi connectivity index (χ1v) is 11.4. The number of carbonyl (C=O) groups is 1. The Kier molecular flexibility index (Phi) is 7.20. The summed E-state index contributed by atoms with van der Waals surface area (Å²) in [7, 11) is 0. The predicted molar refractivity (Wildman–Crippen MR) is 112 cm³/mol. The standard InChI is InChI=1S/C24H33NO4/c26-24(28-17-19-12-6-2-7-13-19)22-21(29-22)23(25-20-14-8-3-9-15-20)27-16-18-10-4-1-5-11-18/h3,8-9,14-15,18-19,21-22H,1-2,4-7,10-13,16-17H2. The Hall–Kier alpha value is -1.88. The van der Waals surface area contributed by atoms with Gasteiger partial charge in [-0.3, -0.25) is 0 Å². The average Bonchev–Trinajstić information content (AvgIpc) is 3.58. The molecule has 3 fully saturated rings. The molecule has 0 spiro atoms. The van der Waals surface area contributed by atoms with Crippen molar-refractivity contribution in [2.75, 3.05) is 13.2 Å². The van der Waals surface area contributed by atoms with Crippen LogP contribution in [0.25, 0.3) is 0 Å². The first kappa shape index (κ1) is 20.4. The molecule has 0 radical (unpaired) electrons. The van der Waals surface area contributed by atoms with Crippen LogP contribution in [0.4, 0.5) is 5.69 Å². The van der Waals surface area contributed by atoms with Crippen molar-refractivity contribution in [2.45, 2.75) is 76.4 Å². The van der Waals surface area contributed by atoms with Crippen molar-refractivity contribution < 1.29 is 19.0 Å². The largest absolute Gasteiger partial charge is 0.478 e.